The zero-order valence-corrected chi connectivity index (χ0v) is 23.5. The van der Waals surface area contributed by atoms with E-state index < -0.39 is 0 Å². The minimum absolute atomic E-state index is 0.642. The smallest absolute Gasteiger partial charge is 0.235 e. The summed E-state index contributed by atoms with van der Waals surface area (Å²) in [5, 5.41) is 4.44. The molecular weight excluding hydrogens is 538 g/mol. The van der Waals surface area contributed by atoms with E-state index in [2.05, 4.69) is 126 Å². The molecule has 0 aliphatic heterocycles. The summed E-state index contributed by atoms with van der Waals surface area (Å²) in [7, 11) is 0. The second kappa shape index (κ2) is 8.76. The lowest BCUT2D eigenvalue weighted by Gasteiger charge is -2.22. The maximum atomic E-state index is 6.29. The summed E-state index contributed by atoms with van der Waals surface area (Å²) >= 11 is 0. The van der Waals surface area contributed by atoms with Crippen molar-refractivity contribution >= 4 is 43.7 Å². The Bertz CT molecular complexity index is 2620. The highest BCUT2D eigenvalue weighted by atomic mass is 16.3. The number of rotatable bonds is 1. The van der Waals surface area contributed by atoms with E-state index in [1.54, 1.807) is 0 Å². The third-order valence-electron chi connectivity index (χ3n) is 9.05. The van der Waals surface area contributed by atoms with E-state index in [0.29, 0.717) is 5.95 Å². The maximum Gasteiger partial charge on any atom is 0.235 e. The Hall–Kier alpha value is -6.00. The van der Waals surface area contributed by atoms with E-state index in [1.807, 2.05) is 18.3 Å². The highest BCUT2D eigenvalue weighted by molar-refractivity contribution is 6.17. The minimum Gasteiger partial charge on any atom is -0.456 e. The third kappa shape index (κ3) is 3.17. The number of nitrogens with zero attached hydrogens (tertiary/aromatic N) is 3. The van der Waals surface area contributed by atoms with E-state index >= 15 is 0 Å². The van der Waals surface area contributed by atoms with Crippen LogP contribution in [0.3, 0.4) is 0 Å². The number of fused-ring (bicyclic) bond motifs is 14. The molecular formula is C40H23N3O. The Balaban J connectivity index is 1.32. The lowest BCUT2D eigenvalue weighted by molar-refractivity contribution is 0.669. The molecule has 0 unspecified atom stereocenters. The molecule has 0 radical (unpaired) electrons. The molecule has 204 valence electrons. The zero-order valence-electron chi connectivity index (χ0n) is 23.5. The van der Waals surface area contributed by atoms with Gasteiger partial charge in [0.25, 0.3) is 0 Å². The van der Waals surface area contributed by atoms with Crippen molar-refractivity contribution in [3.63, 3.8) is 0 Å². The normalized spacial score (nSPS) is 12.1. The van der Waals surface area contributed by atoms with Gasteiger partial charge in [0, 0.05) is 38.9 Å². The van der Waals surface area contributed by atoms with Crippen molar-refractivity contribution in [2.75, 3.05) is 0 Å². The SMILES string of the molecule is c1ccc2c(c1)-c1ccccc1-c1cnc(-n3c4ccccc4c4cc5oc6ccccc6c5cc43)nc1-c1ccccc1-2. The Kier molecular flexibility index (Phi) is 4.69. The van der Waals surface area contributed by atoms with Crippen molar-refractivity contribution in [3.8, 4) is 50.6 Å². The summed E-state index contributed by atoms with van der Waals surface area (Å²) in [4.78, 5) is 10.5. The molecule has 1 aliphatic rings. The molecule has 10 rings (SSSR count). The fourth-order valence-electron chi connectivity index (χ4n) is 7.12. The van der Waals surface area contributed by atoms with Gasteiger partial charge in [0.1, 0.15) is 11.2 Å². The molecule has 3 aromatic heterocycles. The number of hydrogen-bond acceptors (Lipinski definition) is 3. The van der Waals surface area contributed by atoms with E-state index in [4.69, 9.17) is 14.4 Å². The molecule has 0 spiro atoms. The summed E-state index contributed by atoms with van der Waals surface area (Å²) in [5.74, 6) is 0.642. The number of aromatic nitrogens is 3. The molecule has 1 aliphatic carbocycles. The van der Waals surface area contributed by atoms with Crippen LogP contribution in [0.25, 0.3) is 94.3 Å². The lowest BCUT2D eigenvalue weighted by atomic mass is 9.83. The van der Waals surface area contributed by atoms with Gasteiger partial charge >= 0.3 is 0 Å². The third-order valence-corrected chi connectivity index (χ3v) is 9.05. The molecule has 0 fully saturated rings. The van der Waals surface area contributed by atoms with Crippen LogP contribution >= 0.6 is 0 Å². The first-order valence-corrected chi connectivity index (χ1v) is 14.8. The molecule has 0 saturated carbocycles. The average molecular weight is 562 g/mol. The van der Waals surface area contributed by atoms with Gasteiger partial charge < -0.3 is 4.42 Å². The first-order chi connectivity index (χ1) is 21.8. The highest BCUT2D eigenvalue weighted by Crippen LogP contribution is 2.47. The number of furan rings is 1. The summed E-state index contributed by atoms with van der Waals surface area (Å²) in [5.41, 5.74) is 12.8. The number of para-hydroxylation sites is 2. The van der Waals surface area contributed by atoms with E-state index in [0.717, 1.165) is 71.7 Å². The second-order valence-corrected chi connectivity index (χ2v) is 11.4. The molecule has 9 aromatic rings. The summed E-state index contributed by atoms with van der Waals surface area (Å²) in [6.45, 7) is 0. The number of benzene rings is 6. The van der Waals surface area contributed by atoms with Crippen LogP contribution in [0.4, 0.5) is 0 Å². The predicted octanol–water partition coefficient (Wildman–Crippen LogP) is 10.5. The van der Waals surface area contributed by atoms with Crippen LogP contribution < -0.4 is 0 Å². The van der Waals surface area contributed by atoms with Crippen LogP contribution in [0, 0.1) is 0 Å². The molecule has 0 N–H and O–H groups in total. The minimum atomic E-state index is 0.642. The Morgan fingerprint density at radius 3 is 1.73 bits per heavy atom. The van der Waals surface area contributed by atoms with Gasteiger partial charge in [0.05, 0.1) is 16.7 Å². The van der Waals surface area contributed by atoms with Gasteiger partial charge in [0.15, 0.2) is 0 Å². The molecule has 3 heterocycles. The molecule has 4 nitrogen and oxygen atoms in total. The second-order valence-electron chi connectivity index (χ2n) is 11.4. The van der Waals surface area contributed by atoms with Gasteiger partial charge in [-0.25, -0.2) is 9.97 Å². The van der Waals surface area contributed by atoms with Gasteiger partial charge in [-0.1, -0.05) is 109 Å². The van der Waals surface area contributed by atoms with Crippen molar-refractivity contribution in [1.82, 2.24) is 14.5 Å². The summed E-state index contributed by atoms with van der Waals surface area (Å²) in [6, 6.07) is 46.9. The summed E-state index contributed by atoms with van der Waals surface area (Å²) in [6.07, 6.45) is 2.01. The van der Waals surface area contributed by atoms with Crippen molar-refractivity contribution < 1.29 is 4.42 Å². The van der Waals surface area contributed by atoms with Crippen molar-refractivity contribution in [2.45, 2.75) is 0 Å². The molecule has 44 heavy (non-hydrogen) atoms. The largest absolute Gasteiger partial charge is 0.456 e. The van der Waals surface area contributed by atoms with Crippen molar-refractivity contribution in [1.29, 1.82) is 0 Å². The lowest BCUT2D eigenvalue weighted by Crippen LogP contribution is -2.05. The van der Waals surface area contributed by atoms with Gasteiger partial charge in [-0.05, 0) is 52.1 Å². The van der Waals surface area contributed by atoms with E-state index in [9.17, 15) is 0 Å². The van der Waals surface area contributed by atoms with Gasteiger partial charge in [-0.3, -0.25) is 4.57 Å². The Morgan fingerprint density at radius 1 is 0.432 bits per heavy atom. The molecule has 0 saturated heterocycles. The van der Waals surface area contributed by atoms with Crippen LogP contribution in [0.5, 0.6) is 0 Å². The van der Waals surface area contributed by atoms with Crippen LogP contribution in [0.15, 0.2) is 144 Å². The quantitative estimate of drug-likeness (QED) is 0.200. The van der Waals surface area contributed by atoms with Crippen molar-refractivity contribution in [2.24, 2.45) is 0 Å². The van der Waals surface area contributed by atoms with E-state index in [-0.39, 0.29) is 0 Å². The molecule has 0 bridgehead atoms. The van der Waals surface area contributed by atoms with Gasteiger partial charge in [-0.2, -0.15) is 0 Å². The molecule has 0 atom stereocenters. The maximum absolute atomic E-state index is 6.29. The standard InChI is InChI=1S/C40H23N3O/c1-2-12-25-24(11-1)26-13-3-4-15-28(26)34-23-41-40(42-39(34)31-18-6-5-14-27(25)31)43-35-19-9-7-16-29(35)32-22-38-33(21-36(32)43)30-17-8-10-20-37(30)44-38/h1-23H. The predicted molar refractivity (Wildman–Crippen MR) is 179 cm³/mol. The van der Waals surface area contributed by atoms with Crippen LogP contribution in [0.1, 0.15) is 0 Å². The first kappa shape index (κ1) is 23.6. The molecule has 6 aromatic carbocycles. The average Bonchev–Trinajstić information content (AvgIpc) is 3.61. The van der Waals surface area contributed by atoms with Crippen LogP contribution in [-0.4, -0.2) is 14.5 Å². The van der Waals surface area contributed by atoms with Crippen LogP contribution in [-0.2, 0) is 0 Å². The van der Waals surface area contributed by atoms with Gasteiger partial charge in [0.2, 0.25) is 5.95 Å². The molecule has 4 heteroatoms. The fourth-order valence-corrected chi connectivity index (χ4v) is 7.12. The first-order valence-electron chi connectivity index (χ1n) is 14.8. The summed E-state index contributed by atoms with van der Waals surface area (Å²) < 4.78 is 8.49. The highest BCUT2D eigenvalue weighted by Gasteiger charge is 2.24. The van der Waals surface area contributed by atoms with E-state index in [1.165, 1.54) is 16.7 Å². The Morgan fingerprint density at radius 2 is 1.00 bits per heavy atom. The number of hydrogen-bond donors (Lipinski definition) is 0. The monoisotopic (exact) mass is 561 g/mol. The fraction of sp³-hybridized carbons (Fsp3) is 0. The van der Waals surface area contributed by atoms with Crippen LogP contribution in [0.2, 0.25) is 0 Å². The Labute approximate surface area is 252 Å². The van der Waals surface area contributed by atoms with Gasteiger partial charge in [-0.15, -0.1) is 0 Å². The zero-order chi connectivity index (χ0) is 28.8. The van der Waals surface area contributed by atoms with Crippen molar-refractivity contribution in [3.05, 3.63) is 140 Å². The molecule has 0 amide bonds. The topological polar surface area (TPSA) is 43.9 Å².